The molecular formula is C14H24O2. The quantitative estimate of drug-likeness (QED) is 0.443. The fourth-order valence-corrected chi connectivity index (χ4v) is 1.50. The Morgan fingerprint density at radius 1 is 1.00 bits per heavy atom. The van der Waals surface area contributed by atoms with E-state index in [0.29, 0.717) is 6.42 Å². The normalized spacial score (nSPS) is 11.6. The second-order valence-corrected chi connectivity index (χ2v) is 3.98. The van der Waals surface area contributed by atoms with Crippen molar-refractivity contribution in [2.45, 2.75) is 58.3 Å². The van der Waals surface area contributed by atoms with Crippen molar-refractivity contribution in [3.63, 3.8) is 0 Å². The van der Waals surface area contributed by atoms with Crippen LogP contribution in [0.2, 0.25) is 0 Å². The van der Waals surface area contributed by atoms with Crippen molar-refractivity contribution in [3.05, 3.63) is 24.3 Å². The van der Waals surface area contributed by atoms with Crippen LogP contribution in [-0.4, -0.2) is 11.1 Å². The number of rotatable bonds is 10. The molecule has 0 heterocycles. The van der Waals surface area contributed by atoms with Crippen LogP contribution in [0.25, 0.3) is 0 Å². The van der Waals surface area contributed by atoms with Crippen LogP contribution >= 0.6 is 0 Å². The highest BCUT2D eigenvalue weighted by Crippen LogP contribution is 2.07. The van der Waals surface area contributed by atoms with Crippen molar-refractivity contribution in [2.75, 3.05) is 0 Å². The zero-order valence-electron chi connectivity index (χ0n) is 10.3. The van der Waals surface area contributed by atoms with Gasteiger partial charge in [0.25, 0.3) is 0 Å². The number of hydrogen-bond acceptors (Lipinski definition) is 1. The molecule has 0 saturated carbocycles. The molecule has 0 rings (SSSR count). The van der Waals surface area contributed by atoms with Crippen molar-refractivity contribution >= 4 is 5.97 Å². The van der Waals surface area contributed by atoms with Gasteiger partial charge in [0.1, 0.15) is 0 Å². The summed E-state index contributed by atoms with van der Waals surface area (Å²) in [7, 11) is 0. The van der Waals surface area contributed by atoms with E-state index in [-0.39, 0.29) is 0 Å². The minimum Gasteiger partial charge on any atom is -0.481 e. The third-order valence-corrected chi connectivity index (χ3v) is 2.44. The largest absolute Gasteiger partial charge is 0.481 e. The summed E-state index contributed by atoms with van der Waals surface area (Å²) in [6.45, 7) is 2.03. The average Bonchev–Trinajstić information content (AvgIpc) is 2.25. The SMILES string of the molecule is C/C=C\C/C=C\CCCCCCCC(=O)O. The summed E-state index contributed by atoms with van der Waals surface area (Å²) >= 11 is 0. The molecule has 0 bridgehead atoms. The zero-order chi connectivity index (χ0) is 12.1. The zero-order valence-corrected chi connectivity index (χ0v) is 10.3. The first-order valence-corrected chi connectivity index (χ1v) is 6.25. The van der Waals surface area contributed by atoms with Crippen LogP contribution in [-0.2, 0) is 4.79 Å². The Labute approximate surface area is 99.1 Å². The first-order chi connectivity index (χ1) is 7.77. The van der Waals surface area contributed by atoms with Gasteiger partial charge in [-0.15, -0.1) is 0 Å². The molecule has 0 aromatic rings. The van der Waals surface area contributed by atoms with E-state index in [1.807, 2.05) is 6.92 Å². The highest BCUT2D eigenvalue weighted by Gasteiger charge is 1.95. The van der Waals surface area contributed by atoms with Crippen molar-refractivity contribution in [1.82, 2.24) is 0 Å². The predicted octanol–water partition coefficient (Wildman–Crippen LogP) is 4.32. The molecule has 0 saturated heterocycles. The lowest BCUT2D eigenvalue weighted by molar-refractivity contribution is -0.137. The Morgan fingerprint density at radius 3 is 2.38 bits per heavy atom. The highest BCUT2D eigenvalue weighted by atomic mass is 16.4. The average molecular weight is 224 g/mol. The summed E-state index contributed by atoms with van der Waals surface area (Å²) in [5.74, 6) is -0.674. The third kappa shape index (κ3) is 12.9. The maximum atomic E-state index is 10.2. The molecule has 0 aliphatic rings. The molecule has 0 aliphatic heterocycles. The van der Waals surface area contributed by atoms with E-state index in [2.05, 4.69) is 24.3 Å². The second kappa shape index (κ2) is 12.0. The molecule has 0 radical (unpaired) electrons. The Morgan fingerprint density at radius 2 is 1.69 bits per heavy atom. The van der Waals surface area contributed by atoms with Gasteiger partial charge in [-0.2, -0.15) is 0 Å². The van der Waals surface area contributed by atoms with E-state index in [0.717, 1.165) is 32.1 Å². The Bertz CT molecular complexity index is 217. The van der Waals surface area contributed by atoms with Gasteiger partial charge in [0.15, 0.2) is 0 Å². The molecule has 0 amide bonds. The highest BCUT2D eigenvalue weighted by molar-refractivity contribution is 5.66. The van der Waals surface area contributed by atoms with Crippen LogP contribution in [0, 0.1) is 0 Å². The number of carboxylic acids is 1. The number of aliphatic carboxylic acids is 1. The minimum atomic E-state index is -0.674. The number of allylic oxidation sites excluding steroid dienone is 4. The minimum absolute atomic E-state index is 0.323. The Hall–Kier alpha value is -1.05. The molecule has 0 atom stereocenters. The van der Waals surface area contributed by atoms with Crippen LogP contribution < -0.4 is 0 Å². The molecule has 16 heavy (non-hydrogen) atoms. The summed E-state index contributed by atoms with van der Waals surface area (Å²) < 4.78 is 0. The third-order valence-electron chi connectivity index (χ3n) is 2.44. The lowest BCUT2D eigenvalue weighted by atomic mass is 10.1. The summed E-state index contributed by atoms with van der Waals surface area (Å²) in [5.41, 5.74) is 0. The van der Waals surface area contributed by atoms with Crippen LogP contribution in [0.4, 0.5) is 0 Å². The van der Waals surface area contributed by atoms with E-state index in [9.17, 15) is 4.79 Å². The summed E-state index contributed by atoms with van der Waals surface area (Å²) in [6, 6.07) is 0. The van der Waals surface area contributed by atoms with Crippen molar-refractivity contribution in [3.8, 4) is 0 Å². The fourth-order valence-electron chi connectivity index (χ4n) is 1.50. The second-order valence-electron chi connectivity index (χ2n) is 3.98. The molecule has 0 aromatic carbocycles. The van der Waals surface area contributed by atoms with Gasteiger partial charge in [-0.25, -0.2) is 0 Å². The fraction of sp³-hybridized carbons (Fsp3) is 0.643. The molecule has 0 unspecified atom stereocenters. The monoisotopic (exact) mass is 224 g/mol. The van der Waals surface area contributed by atoms with Gasteiger partial charge >= 0.3 is 5.97 Å². The van der Waals surface area contributed by atoms with Crippen molar-refractivity contribution < 1.29 is 9.90 Å². The van der Waals surface area contributed by atoms with E-state index in [1.165, 1.54) is 12.8 Å². The number of carboxylic acid groups (broad SMARTS) is 1. The topological polar surface area (TPSA) is 37.3 Å². The maximum absolute atomic E-state index is 10.2. The summed E-state index contributed by atoms with van der Waals surface area (Å²) in [6.07, 6.45) is 16.6. The molecular weight excluding hydrogens is 200 g/mol. The number of unbranched alkanes of at least 4 members (excludes halogenated alkanes) is 5. The van der Waals surface area contributed by atoms with Gasteiger partial charge in [0, 0.05) is 6.42 Å². The first-order valence-electron chi connectivity index (χ1n) is 6.25. The molecule has 0 aliphatic carbocycles. The predicted molar refractivity (Wildman–Crippen MR) is 68.5 cm³/mol. The van der Waals surface area contributed by atoms with Crippen LogP contribution in [0.5, 0.6) is 0 Å². The van der Waals surface area contributed by atoms with Crippen molar-refractivity contribution in [2.24, 2.45) is 0 Å². The van der Waals surface area contributed by atoms with Gasteiger partial charge < -0.3 is 5.11 Å². The number of carbonyl (C=O) groups is 1. The van der Waals surface area contributed by atoms with Crippen LogP contribution in [0.15, 0.2) is 24.3 Å². The van der Waals surface area contributed by atoms with Gasteiger partial charge in [-0.3, -0.25) is 4.79 Å². The lowest BCUT2D eigenvalue weighted by Crippen LogP contribution is -1.93. The van der Waals surface area contributed by atoms with E-state index in [4.69, 9.17) is 5.11 Å². The molecule has 2 nitrogen and oxygen atoms in total. The van der Waals surface area contributed by atoms with E-state index >= 15 is 0 Å². The summed E-state index contributed by atoms with van der Waals surface area (Å²) in [5, 5.41) is 8.44. The van der Waals surface area contributed by atoms with E-state index < -0.39 is 5.97 Å². The van der Waals surface area contributed by atoms with E-state index in [1.54, 1.807) is 0 Å². The van der Waals surface area contributed by atoms with Crippen LogP contribution in [0.3, 0.4) is 0 Å². The van der Waals surface area contributed by atoms with Gasteiger partial charge in [0.05, 0.1) is 0 Å². The van der Waals surface area contributed by atoms with Gasteiger partial charge in [-0.1, -0.05) is 43.6 Å². The molecule has 0 fully saturated rings. The lowest BCUT2D eigenvalue weighted by Gasteiger charge is -1.97. The summed E-state index contributed by atoms with van der Waals surface area (Å²) in [4.78, 5) is 10.2. The molecule has 2 heteroatoms. The smallest absolute Gasteiger partial charge is 0.303 e. The maximum Gasteiger partial charge on any atom is 0.303 e. The van der Waals surface area contributed by atoms with Gasteiger partial charge in [-0.05, 0) is 32.6 Å². The number of hydrogen-bond donors (Lipinski definition) is 1. The molecule has 1 N–H and O–H groups in total. The van der Waals surface area contributed by atoms with Gasteiger partial charge in [0.2, 0.25) is 0 Å². The molecule has 0 aromatic heterocycles. The molecule has 92 valence electrons. The Kier molecular flexibility index (Phi) is 11.2. The molecule has 0 spiro atoms. The van der Waals surface area contributed by atoms with Crippen LogP contribution in [0.1, 0.15) is 58.3 Å². The standard InChI is InChI=1S/C14H24O2/c1-2-3-4-5-6-7-8-9-10-11-12-13-14(15)16/h2-3,5-6H,4,7-13H2,1H3,(H,15,16)/b3-2-,6-5-. The first kappa shape index (κ1) is 14.9. The Balaban J connectivity index is 3.09. The van der Waals surface area contributed by atoms with Crippen molar-refractivity contribution in [1.29, 1.82) is 0 Å².